The van der Waals surface area contributed by atoms with Crippen LogP contribution in [0.25, 0.3) is 5.52 Å². The van der Waals surface area contributed by atoms with Crippen molar-refractivity contribution in [3.8, 4) is 0 Å². The molecule has 2 aromatic heterocycles. The molecule has 0 unspecified atom stereocenters. The van der Waals surface area contributed by atoms with Crippen LogP contribution in [0.3, 0.4) is 0 Å². The number of aryl methyl sites for hydroxylation is 2. The Morgan fingerprint density at radius 3 is 2.76 bits per heavy atom. The average Bonchev–Trinajstić information content (AvgIpc) is 2.69. The molecule has 3 rings (SSSR count). The minimum absolute atomic E-state index is 0.627. The maximum atomic E-state index is 4.81. The standard InChI is InChI=1S/C14H19N3/c1-10-4-3-5-13-14(16-11(2)17(10)13)12-6-8-15-9-7-12/h3-5,12,15H,6-9H2,1-2H3. The molecule has 0 atom stereocenters. The Kier molecular flexibility index (Phi) is 2.63. The van der Waals surface area contributed by atoms with Gasteiger partial charge in [0.05, 0.1) is 11.2 Å². The maximum absolute atomic E-state index is 4.81. The van der Waals surface area contributed by atoms with E-state index in [2.05, 4.69) is 41.8 Å². The molecule has 0 saturated carbocycles. The molecule has 0 bridgehead atoms. The molecular weight excluding hydrogens is 210 g/mol. The van der Waals surface area contributed by atoms with Crippen LogP contribution in [-0.2, 0) is 0 Å². The number of nitrogens with zero attached hydrogens (tertiary/aromatic N) is 2. The number of fused-ring (bicyclic) bond motifs is 1. The molecule has 17 heavy (non-hydrogen) atoms. The first kappa shape index (κ1) is 10.8. The van der Waals surface area contributed by atoms with Gasteiger partial charge in [-0.05, 0) is 51.9 Å². The Balaban J connectivity index is 2.13. The first-order valence-electron chi connectivity index (χ1n) is 6.42. The van der Waals surface area contributed by atoms with Crippen molar-refractivity contribution >= 4 is 5.52 Å². The second-order valence-electron chi connectivity index (χ2n) is 4.96. The second-order valence-corrected chi connectivity index (χ2v) is 4.96. The van der Waals surface area contributed by atoms with Crippen molar-refractivity contribution in [1.29, 1.82) is 0 Å². The highest BCUT2D eigenvalue weighted by atomic mass is 15.0. The zero-order valence-corrected chi connectivity index (χ0v) is 10.5. The van der Waals surface area contributed by atoms with Crippen LogP contribution in [0.4, 0.5) is 0 Å². The Hall–Kier alpha value is -1.35. The first-order chi connectivity index (χ1) is 8.27. The molecule has 0 radical (unpaired) electrons. The Morgan fingerprint density at radius 2 is 2.00 bits per heavy atom. The van der Waals surface area contributed by atoms with E-state index in [1.165, 1.54) is 29.7 Å². The monoisotopic (exact) mass is 229 g/mol. The van der Waals surface area contributed by atoms with Gasteiger partial charge in [0.2, 0.25) is 0 Å². The number of pyridine rings is 1. The van der Waals surface area contributed by atoms with E-state index in [1.807, 2.05) is 0 Å². The quantitative estimate of drug-likeness (QED) is 0.813. The smallest absolute Gasteiger partial charge is 0.110 e. The summed E-state index contributed by atoms with van der Waals surface area (Å²) >= 11 is 0. The summed E-state index contributed by atoms with van der Waals surface area (Å²) in [5.74, 6) is 1.74. The number of hydrogen-bond donors (Lipinski definition) is 1. The van der Waals surface area contributed by atoms with Crippen molar-refractivity contribution in [2.45, 2.75) is 32.6 Å². The van der Waals surface area contributed by atoms with Gasteiger partial charge in [0.1, 0.15) is 5.82 Å². The number of hydrogen-bond acceptors (Lipinski definition) is 2. The summed E-state index contributed by atoms with van der Waals surface area (Å²) in [6.45, 7) is 6.49. The van der Waals surface area contributed by atoms with Gasteiger partial charge in [0.15, 0.2) is 0 Å². The van der Waals surface area contributed by atoms with Gasteiger partial charge in [-0.2, -0.15) is 0 Å². The largest absolute Gasteiger partial charge is 0.317 e. The molecule has 0 spiro atoms. The number of aromatic nitrogens is 2. The molecule has 1 aliphatic rings. The highest BCUT2D eigenvalue weighted by Crippen LogP contribution is 2.29. The predicted octanol–water partition coefficient (Wildman–Crippen LogP) is 2.42. The van der Waals surface area contributed by atoms with E-state index in [0.717, 1.165) is 18.9 Å². The molecule has 1 fully saturated rings. The number of rotatable bonds is 1. The Labute approximate surface area is 102 Å². The third kappa shape index (κ3) is 1.75. The Morgan fingerprint density at radius 1 is 1.24 bits per heavy atom. The predicted molar refractivity (Wildman–Crippen MR) is 69.5 cm³/mol. The van der Waals surface area contributed by atoms with Gasteiger partial charge < -0.3 is 9.72 Å². The molecule has 0 aliphatic carbocycles. The van der Waals surface area contributed by atoms with Crippen molar-refractivity contribution in [1.82, 2.24) is 14.7 Å². The van der Waals surface area contributed by atoms with E-state index >= 15 is 0 Å². The highest BCUT2D eigenvalue weighted by molar-refractivity contribution is 5.55. The minimum atomic E-state index is 0.627. The lowest BCUT2D eigenvalue weighted by atomic mass is 9.94. The van der Waals surface area contributed by atoms with Gasteiger partial charge >= 0.3 is 0 Å². The summed E-state index contributed by atoms with van der Waals surface area (Å²) in [4.78, 5) is 4.81. The molecule has 1 aliphatic heterocycles. The second kappa shape index (κ2) is 4.15. The van der Waals surface area contributed by atoms with Gasteiger partial charge in [0, 0.05) is 11.6 Å². The van der Waals surface area contributed by atoms with Crippen molar-refractivity contribution < 1.29 is 0 Å². The molecule has 1 N–H and O–H groups in total. The van der Waals surface area contributed by atoms with Gasteiger partial charge in [-0.15, -0.1) is 0 Å². The third-order valence-corrected chi connectivity index (χ3v) is 3.78. The minimum Gasteiger partial charge on any atom is -0.317 e. The lowest BCUT2D eigenvalue weighted by molar-refractivity contribution is 0.456. The zero-order chi connectivity index (χ0) is 11.8. The van der Waals surface area contributed by atoms with Crippen molar-refractivity contribution in [2.24, 2.45) is 0 Å². The topological polar surface area (TPSA) is 29.3 Å². The molecule has 90 valence electrons. The molecule has 0 amide bonds. The first-order valence-corrected chi connectivity index (χ1v) is 6.42. The van der Waals surface area contributed by atoms with Crippen LogP contribution in [0.1, 0.15) is 36.0 Å². The number of piperidine rings is 1. The summed E-state index contributed by atoms with van der Waals surface area (Å²) < 4.78 is 2.28. The van der Waals surface area contributed by atoms with Gasteiger partial charge in [-0.3, -0.25) is 0 Å². The van der Waals surface area contributed by atoms with Crippen LogP contribution in [0.15, 0.2) is 18.2 Å². The van der Waals surface area contributed by atoms with E-state index in [1.54, 1.807) is 0 Å². The highest BCUT2D eigenvalue weighted by Gasteiger charge is 2.21. The lowest BCUT2D eigenvalue weighted by Gasteiger charge is -2.21. The van der Waals surface area contributed by atoms with Crippen LogP contribution >= 0.6 is 0 Å². The lowest BCUT2D eigenvalue weighted by Crippen LogP contribution is -2.26. The fraction of sp³-hybridized carbons (Fsp3) is 0.500. The fourth-order valence-electron chi connectivity index (χ4n) is 2.92. The van der Waals surface area contributed by atoms with Crippen LogP contribution in [0, 0.1) is 13.8 Å². The molecule has 3 heteroatoms. The van der Waals surface area contributed by atoms with Crippen LogP contribution in [0.2, 0.25) is 0 Å². The summed E-state index contributed by atoms with van der Waals surface area (Å²) in [5.41, 5.74) is 3.87. The van der Waals surface area contributed by atoms with E-state index in [4.69, 9.17) is 4.98 Å². The van der Waals surface area contributed by atoms with Crippen molar-refractivity contribution in [3.63, 3.8) is 0 Å². The zero-order valence-electron chi connectivity index (χ0n) is 10.5. The SMILES string of the molecule is Cc1cccc2c(C3CCNCC3)nc(C)n12. The molecule has 3 nitrogen and oxygen atoms in total. The van der Waals surface area contributed by atoms with E-state index in [9.17, 15) is 0 Å². The summed E-state index contributed by atoms with van der Waals surface area (Å²) in [6.07, 6.45) is 2.42. The fourth-order valence-corrected chi connectivity index (χ4v) is 2.92. The van der Waals surface area contributed by atoms with Crippen molar-refractivity contribution in [3.05, 3.63) is 35.4 Å². The van der Waals surface area contributed by atoms with Crippen molar-refractivity contribution in [2.75, 3.05) is 13.1 Å². The van der Waals surface area contributed by atoms with E-state index in [-0.39, 0.29) is 0 Å². The van der Waals surface area contributed by atoms with Crippen LogP contribution < -0.4 is 5.32 Å². The van der Waals surface area contributed by atoms with Gasteiger partial charge in [0.25, 0.3) is 0 Å². The molecule has 1 saturated heterocycles. The molecule has 0 aromatic carbocycles. The van der Waals surface area contributed by atoms with E-state index < -0.39 is 0 Å². The summed E-state index contributed by atoms with van der Waals surface area (Å²) in [6, 6.07) is 6.48. The molecule has 3 heterocycles. The molecular formula is C14H19N3. The number of nitrogens with one attached hydrogen (secondary N) is 1. The van der Waals surface area contributed by atoms with Crippen LogP contribution in [-0.4, -0.2) is 22.5 Å². The molecule has 2 aromatic rings. The summed E-state index contributed by atoms with van der Waals surface area (Å²) in [7, 11) is 0. The normalized spacial score (nSPS) is 17.8. The summed E-state index contributed by atoms with van der Waals surface area (Å²) in [5, 5.41) is 3.42. The van der Waals surface area contributed by atoms with Crippen LogP contribution in [0.5, 0.6) is 0 Å². The van der Waals surface area contributed by atoms with E-state index in [0.29, 0.717) is 5.92 Å². The Bertz CT molecular complexity index is 536. The van der Waals surface area contributed by atoms with Gasteiger partial charge in [-0.25, -0.2) is 4.98 Å². The average molecular weight is 229 g/mol. The number of imidazole rings is 1. The maximum Gasteiger partial charge on any atom is 0.110 e. The van der Waals surface area contributed by atoms with Gasteiger partial charge in [-0.1, -0.05) is 6.07 Å². The third-order valence-electron chi connectivity index (χ3n) is 3.78.